The van der Waals surface area contributed by atoms with Crippen LogP contribution in [0.1, 0.15) is 11.4 Å². The SMILES string of the molecule is Cc1nc2ccc(NC(=O)N[C@H]3CCS(=O)(=O)C3)cc2s1. The van der Waals surface area contributed by atoms with Gasteiger partial charge in [-0.2, -0.15) is 0 Å². The summed E-state index contributed by atoms with van der Waals surface area (Å²) in [5, 5.41) is 6.40. The number of amides is 2. The molecule has 0 radical (unpaired) electrons. The maximum absolute atomic E-state index is 11.9. The summed E-state index contributed by atoms with van der Waals surface area (Å²) in [6.45, 7) is 1.94. The first-order chi connectivity index (χ1) is 9.91. The number of benzene rings is 1. The standard InChI is InChI=1S/C13H15N3O3S2/c1-8-14-11-3-2-9(6-12(11)20-8)15-13(17)16-10-4-5-21(18,19)7-10/h2-3,6,10H,4-5,7H2,1H3,(H2,15,16,17)/t10-/m0/s1. The first-order valence-electron chi connectivity index (χ1n) is 6.56. The minimum atomic E-state index is -2.99. The van der Waals surface area contributed by atoms with E-state index < -0.39 is 9.84 Å². The van der Waals surface area contributed by atoms with E-state index in [9.17, 15) is 13.2 Å². The Morgan fingerprint density at radius 3 is 2.95 bits per heavy atom. The second kappa shape index (κ2) is 5.27. The van der Waals surface area contributed by atoms with Crippen molar-refractivity contribution in [3.63, 3.8) is 0 Å². The highest BCUT2D eigenvalue weighted by atomic mass is 32.2. The smallest absolute Gasteiger partial charge is 0.319 e. The van der Waals surface area contributed by atoms with Crippen LogP contribution in [-0.2, 0) is 9.84 Å². The Balaban J connectivity index is 1.66. The topological polar surface area (TPSA) is 88.2 Å². The van der Waals surface area contributed by atoms with E-state index >= 15 is 0 Å². The molecule has 2 N–H and O–H groups in total. The lowest BCUT2D eigenvalue weighted by Gasteiger charge is -2.12. The van der Waals surface area contributed by atoms with Crippen LogP contribution in [0.25, 0.3) is 10.2 Å². The summed E-state index contributed by atoms with van der Waals surface area (Å²) in [6, 6.07) is 4.83. The molecule has 6 nitrogen and oxygen atoms in total. The molecular formula is C13H15N3O3S2. The van der Waals surface area contributed by atoms with Crippen molar-refractivity contribution in [1.29, 1.82) is 0 Å². The average Bonchev–Trinajstić information content (AvgIpc) is 2.90. The summed E-state index contributed by atoms with van der Waals surface area (Å²) >= 11 is 1.56. The average molecular weight is 325 g/mol. The Morgan fingerprint density at radius 2 is 2.24 bits per heavy atom. The number of hydrogen-bond donors (Lipinski definition) is 2. The van der Waals surface area contributed by atoms with Gasteiger partial charge in [0.2, 0.25) is 0 Å². The van der Waals surface area contributed by atoms with Gasteiger partial charge >= 0.3 is 6.03 Å². The highest BCUT2D eigenvalue weighted by Gasteiger charge is 2.28. The Hall–Kier alpha value is -1.67. The molecule has 2 aromatic rings. The number of nitrogens with zero attached hydrogens (tertiary/aromatic N) is 1. The molecule has 112 valence electrons. The molecule has 21 heavy (non-hydrogen) atoms. The zero-order chi connectivity index (χ0) is 15.0. The van der Waals surface area contributed by atoms with Crippen LogP contribution in [0.4, 0.5) is 10.5 Å². The lowest BCUT2D eigenvalue weighted by Crippen LogP contribution is -2.38. The van der Waals surface area contributed by atoms with E-state index in [-0.39, 0.29) is 23.6 Å². The van der Waals surface area contributed by atoms with Crippen LogP contribution in [0.15, 0.2) is 18.2 Å². The number of thiazole rings is 1. The molecule has 0 bridgehead atoms. The quantitative estimate of drug-likeness (QED) is 0.883. The molecule has 1 aliphatic heterocycles. The van der Waals surface area contributed by atoms with Gasteiger partial charge in [-0.3, -0.25) is 0 Å². The van der Waals surface area contributed by atoms with Crippen molar-refractivity contribution in [3.05, 3.63) is 23.2 Å². The normalized spacial score (nSPS) is 20.5. The van der Waals surface area contributed by atoms with Crippen LogP contribution in [0, 0.1) is 6.92 Å². The molecule has 2 amide bonds. The van der Waals surface area contributed by atoms with Gasteiger partial charge in [-0.1, -0.05) is 0 Å². The summed E-state index contributed by atoms with van der Waals surface area (Å²) in [5.41, 5.74) is 1.58. The molecule has 0 spiro atoms. The number of anilines is 1. The molecule has 0 saturated carbocycles. The number of aryl methyl sites for hydroxylation is 1. The minimum absolute atomic E-state index is 0.0213. The van der Waals surface area contributed by atoms with Gasteiger partial charge in [-0.25, -0.2) is 18.2 Å². The third-order valence-electron chi connectivity index (χ3n) is 3.32. The van der Waals surface area contributed by atoms with Gasteiger partial charge in [0.05, 0.1) is 26.7 Å². The van der Waals surface area contributed by atoms with Gasteiger partial charge in [0.1, 0.15) is 0 Å². The molecule has 1 aromatic carbocycles. The van der Waals surface area contributed by atoms with Gasteiger partial charge < -0.3 is 10.6 Å². The Bertz CT molecular complexity index is 798. The van der Waals surface area contributed by atoms with E-state index in [1.807, 2.05) is 19.1 Å². The third kappa shape index (κ3) is 3.33. The largest absolute Gasteiger partial charge is 0.334 e. The molecule has 1 atom stereocenters. The van der Waals surface area contributed by atoms with Crippen LogP contribution in [0.5, 0.6) is 0 Å². The van der Waals surface area contributed by atoms with Gasteiger partial charge in [0, 0.05) is 11.7 Å². The van der Waals surface area contributed by atoms with Crippen LogP contribution in [-0.4, -0.2) is 37.0 Å². The van der Waals surface area contributed by atoms with E-state index in [1.54, 1.807) is 17.4 Å². The van der Waals surface area contributed by atoms with Crippen molar-refractivity contribution in [2.45, 2.75) is 19.4 Å². The molecule has 0 unspecified atom stereocenters. The maximum atomic E-state index is 11.9. The highest BCUT2D eigenvalue weighted by Crippen LogP contribution is 2.24. The number of fused-ring (bicyclic) bond motifs is 1. The second-order valence-corrected chi connectivity index (χ2v) is 8.58. The molecular weight excluding hydrogens is 310 g/mol. The fraction of sp³-hybridized carbons (Fsp3) is 0.385. The predicted octanol–water partition coefficient (Wildman–Crippen LogP) is 1.91. The van der Waals surface area contributed by atoms with Gasteiger partial charge in [-0.15, -0.1) is 11.3 Å². The van der Waals surface area contributed by atoms with E-state index in [4.69, 9.17) is 0 Å². The Labute approximate surface area is 126 Å². The highest BCUT2D eigenvalue weighted by molar-refractivity contribution is 7.91. The fourth-order valence-electron chi connectivity index (χ4n) is 2.38. The van der Waals surface area contributed by atoms with Crippen molar-refractivity contribution in [2.75, 3.05) is 16.8 Å². The lowest BCUT2D eigenvalue weighted by molar-refractivity contribution is 0.249. The second-order valence-electron chi connectivity index (χ2n) is 5.11. The van der Waals surface area contributed by atoms with Crippen molar-refractivity contribution in [3.8, 4) is 0 Å². The zero-order valence-electron chi connectivity index (χ0n) is 11.4. The maximum Gasteiger partial charge on any atom is 0.319 e. The number of rotatable bonds is 2. The Kier molecular flexibility index (Phi) is 3.58. The van der Waals surface area contributed by atoms with E-state index in [0.717, 1.165) is 15.2 Å². The summed E-state index contributed by atoms with van der Waals surface area (Å²) < 4.78 is 23.7. The molecule has 3 rings (SSSR count). The Morgan fingerprint density at radius 1 is 1.43 bits per heavy atom. The van der Waals surface area contributed by atoms with E-state index in [0.29, 0.717) is 12.1 Å². The number of urea groups is 1. The first kappa shape index (κ1) is 14.3. The molecule has 8 heteroatoms. The van der Waals surface area contributed by atoms with Gasteiger partial charge in [0.25, 0.3) is 0 Å². The predicted molar refractivity (Wildman–Crippen MR) is 83.6 cm³/mol. The molecule has 1 fully saturated rings. The lowest BCUT2D eigenvalue weighted by atomic mass is 10.2. The number of aromatic nitrogens is 1. The molecule has 1 saturated heterocycles. The number of carbonyl (C=O) groups excluding carboxylic acids is 1. The van der Waals surface area contributed by atoms with Crippen LogP contribution in [0.2, 0.25) is 0 Å². The number of nitrogens with one attached hydrogen (secondary N) is 2. The van der Waals surface area contributed by atoms with Gasteiger partial charge in [-0.05, 0) is 31.5 Å². The monoisotopic (exact) mass is 325 g/mol. The molecule has 1 aromatic heterocycles. The van der Waals surface area contributed by atoms with Crippen molar-refractivity contribution >= 4 is 43.1 Å². The van der Waals surface area contributed by atoms with Crippen LogP contribution < -0.4 is 10.6 Å². The summed E-state index contributed by atoms with van der Waals surface area (Å²) in [7, 11) is -2.99. The number of sulfone groups is 1. The van der Waals surface area contributed by atoms with Crippen LogP contribution >= 0.6 is 11.3 Å². The summed E-state index contributed by atoms with van der Waals surface area (Å²) in [5.74, 6) is 0.164. The number of hydrogen-bond acceptors (Lipinski definition) is 5. The fourth-order valence-corrected chi connectivity index (χ4v) is 4.92. The van der Waals surface area contributed by atoms with Crippen LogP contribution in [0.3, 0.4) is 0 Å². The van der Waals surface area contributed by atoms with E-state index in [1.165, 1.54) is 0 Å². The first-order valence-corrected chi connectivity index (χ1v) is 9.20. The zero-order valence-corrected chi connectivity index (χ0v) is 13.1. The molecule has 2 heterocycles. The van der Waals surface area contributed by atoms with Crippen molar-refractivity contribution < 1.29 is 13.2 Å². The minimum Gasteiger partial charge on any atom is -0.334 e. The molecule has 1 aliphatic rings. The summed E-state index contributed by atoms with van der Waals surface area (Å²) in [4.78, 5) is 16.2. The molecule has 0 aliphatic carbocycles. The third-order valence-corrected chi connectivity index (χ3v) is 6.02. The van der Waals surface area contributed by atoms with Crippen molar-refractivity contribution in [2.24, 2.45) is 0 Å². The van der Waals surface area contributed by atoms with Crippen molar-refractivity contribution in [1.82, 2.24) is 10.3 Å². The van der Waals surface area contributed by atoms with E-state index in [2.05, 4.69) is 15.6 Å². The van der Waals surface area contributed by atoms with Gasteiger partial charge in [0.15, 0.2) is 9.84 Å². The number of carbonyl (C=O) groups is 1. The summed E-state index contributed by atoms with van der Waals surface area (Å²) in [6.07, 6.45) is 0.475.